The van der Waals surface area contributed by atoms with Crippen molar-refractivity contribution in [3.63, 3.8) is 0 Å². The van der Waals surface area contributed by atoms with E-state index in [1.165, 1.54) is 119 Å². The minimum atomic E-state index is 0. The zero-order valence-electron chi connectivity index (χ0n) is 33.0. The van der Waals surface area contributed by atoms with Gasteiger partial charge in [-0.25, -0.2) is 0 Å². The third-order valence-corrected chi connectivity index (χ3v) is 13.0. The molecule has 290 valence electrons. The van der Waals surface area contributed by atoms with Gasteiger partial charge in [0.15, 0.2) is 0 Å². The van der Waals surface area contributed by atoms with E-state index in [9.17, 15) is 0 Å². The first-order chi connectivity index (χ1) is 25.2. The van der Waals surface area contributed by atoms with Crippen LogP contribution in [0.3, 0.4) is 0 Å². The molecule has 5 rings (SSSR count). The Kier molecular flexibility index (Phi) is 18.7. The Morgan fingerprint density at radius 1 is 0.566 bits per heavy atom. The van der Waals surface area contributed by atoms with Crippen LogP contribution < -0.4 is 26.5 Å². The maximum atomic E-state index is 6.12. The van der Waals surface area contributed by atoms with Crippen LogP contribution in [0.1, 0.15) is 117 Å². The average molecular weight is 886 g/mol. The molecule has 0 atom stereocenters. The van der Waals surface area contributed by atoms with Gasteiger partial charge in [-0.3, -0.25) is 0 Å². The molecule has 1 aliphatic carbocycles. The van der Waals surface area contributed by atoms with Crippen molar-refractivity contribution in [1.29, 1.82) is 0 Å². The summed E-state index contributed by atoms with van der Waals surface area (Å²) in [7, 11) is 6.84. The van der Waals surface area contributed by atoms with Crippen LogP contribution in [0.25, 0.3) is 32.0 Å². The average Bonchev–Trinajstić information content (AvgIpc) is 3.86. The Morgan fingerprint density at radius 3 is 1.38 bits per heavy atom. The molecule has 0 N–H and O–H groups in total. The first kappa shape index (κ1) is 43.8. The number of hydrogen-bond acceptors (Lipinski definition) is 4. The van der Waals surface area contributed by atoms with Gasteiger partial charge in [0, 0.05) is 24.8 Å². The number of alkyl halides is 1. The van der Waals surface area contributed by atoms with Gasteiger partial charge in [0.05, 0.1) is 40.9 Å². The third kappa shape index (κ3) is 14.0. The number of allylic oxidation sites excluding steroid dienone is 2. The third-order valence-electron chi connectivity index (χ3n) is 10.3. The monoisotopic (exact) mass is 883 g/mol. The first-order valence-corrected chi connectivity index (χ1v) is 22.7. The highest BCUT2D eigenvalue weighted by atomic mass is 79.9. The molecular formula is C46H63Br2NO2S2. The molecule has 0 unspecified atom stereocenters. The Balaban J connectivity index is 0.00000627. The van der Waals surface area contributed by atoms with E-state index in [0.29, 0.717) is 0 Å². The largest absolute Gasteiger partial charge is 1.00 e. The smallest absolute Gasteiger partial charge is 0.119 e. The van der Waals surface area contributed by atoms with Gasteiger partial charge in [0.25, 0.3) is 0 Å². The number of thiophene rings is 2. The molecule has 2 aromatic carbocycles. The SMILES string of the molecule is Cc1sc(-c2ccc(OCCCCCCCCBr)cc2)cc1C1=C(c2cc(-c3ccc(OCCCCCCCC[N+](C)(C)C)cc3)sc2C)CCC1.[Br-]. The van der Waals surface area contributed by atoms with Crippen LogP contribution in [0.4, 0.5) is 0 Å². The summed E-state index contributed by atoms with van der Waals surface area (Å²) < 4.78 is 13.3. The van der Waals surface area contributed by atoms with Crippen molar-refractivity contribution >= 4 is 49.7 Å². The van der Waals surface area contributed by atoms with Crippen molar-refractivity contribution in [2.45, 2.75) is 110 Å². The van der Waals surface area contributed by atoms with E-state index in [1.54, 1.807) is 11.1 Å². The molecule has 0 radical (unpaired) electrons. The van der Waals surface area contributed by atoms with Crippen LogP contribution in [-0.2, 0) is 0 Å². The van der Waals surface area contributed by atoms with Gasteiger partial charge in [-0.15, -0.1) is 22.7 Å². The molecule has 2 aromatic heterocycles. The molecule has 4 aromatic rings. The van der Waals surface area contributed by atoms with E-state index in [4.69, 9.17) is 9.47 Å². The van der Waals surface area contributed by atoms with Crippen LogP contribution in [0.2, 0.25) is 0 Å². The summed E-state index contributed by atoms with van der Waals surface area (Å²) in [5.41, 5.74) is 8.54. The molecule has 0 saturated heterocycles. The number of rotatable bonds is 23. The number of halogens is 2. The second kappa shape index (κ2) is 22.6. The summed E-state index contributed by atoms with van der Waals surface area (Å²) in [5.74, 6) is 1.96. The molecule has 0 bridgehead atoms. The van der Waals surface area contributed by atoms with E-state index in [2.05, 4.69) is 112 Å². The van der Waals surface area contributed by atoms with Crippen LogP contribution in [0.5, 0.6) is 11.5 Å². The summed E-state index contributed by atoms with van der Waals surface area (Å²) in [5, 5.41) is 1.12. The Hall–Kier alpha value is -1.90. The number of unbranched alkanes of at least 4 members (excludes halogenated alkanes) is 10. The molecule has 0 amide bonds. The second-order valence-corrected chi connectivity index (χ2v) is 19.0. The molecule has 0 fully saturated rings. The van der Waals surface area contributed by atoms with Crippen LogP contribution in [0.15, 0.2) is 60.7 Å². The topological polar surface area (TPSA) is 18.5 Å². The number of nitrogens with zero attached hydrogens (tertiary/aromatic N) is 1. The van der Waals surface area contributed by atoms with Gasteiger partial charge in [-0.2, -0.15) is 0 Å². The lowest BCUT2D eigenvalue weighted by atomic mass is 9.96. The fraction of sp³-hybridized carbons (Fsp3) is 0.522. The van der Waals surface area contributed by atoms with E-state index < -0.39 is 0 Å². The first-order valence-electron chi connectivity index (χ1n) is 20.0. The van der Waals surface area contributed by atoms with Crippen molar-refractivity contribution in [2.24, 2.45) is 0 Å². The van der Waals surface area contributed by atoms with E-state index in [-0.39, 0.29) is 17.0 Å². The minimum Gasteiger partial charge on any atom is -1.00 e. The Labute approximate surface area is 348 Å². The van der Waals surface area contributed by atoms with Crippen molar-refractivity contribution in [3.8, 4) is 32.4 Å². The predicted octanol–water partition coefficient (Wildman–Crippen LogP) is 11.4. The van der Waals surface area contributed by atoms with E-state index in [0.717, 1.165) is 60.2 Å². The maximum Gasteiger partial charge on any atom is 0.119 e. The molecule has 2 heterocycles. The van der Waals surface area contributed by atoms with E-state index in [1.807, 2.05) is 22.7 Å². The number of hydrogen-bond donors (Lipinski definition) is 0. The Morgan fingerprint density at radius 2 is 0.962 bits per heavy atom. The molecule has 0 saturated carbocycles. The lowest BCUT2D eigenvalue weighted by Crippen LogP contribution is -3.00. The Bertz CT molecular complexity index is 1680. The molecule has 7 heteroatoms. The molecule has 0 aliphatic heterocycles. The van der Waals surface area contributed by atoms with Crippen LogP contribution in [0, 0.1) is 13.8 Å². The van der Waals surface area contributed by atoms with Crippen LogP contribution in [-0.4, -0.2) is 50.7 Å². The van der Waals surface area contributed by atoms with Gasteiger partial charge < -0.3 is 30.9 Å². The predicted molar refractivity (Wildman–Crippen MR) is 233 cm³/mol. The van der Waals surface area contributed by atoms with E-state index >= 15 is 0 Å². The lowest BCUT2D eigenvalue weighted by Gasteiger charge is -2.23. The zero-order chi connectivity index (χ0) is 36.8. The van der Waals surface area contributed by atoms with Crippen molar-refractivity contribution < 1.29 is 30.9 Å². The number of benzene rings is 2. The highest BCUT2D eigenvalue weighted by molar-refractivity contribution is 9.09. The number of ether oxygens (including phenoxy) is 2. The standard InChI is InChI=1S/C46H63BrNO2S2.BrH/c1-35-43(33-45(51-35)37-21-25-39(26-22-37)49-31-16-12-8-6-10-14-29-47)41-19-18-20-42(41)44-34-46(52-36(44)2)38-23-27-40(28-24-38)50-32-17-13-9-7-11-15-30-48(3,4)5;/h21-28,33-34H,6-20,29-32H2,1-5H3;1H/q+1;/p-1. The van der Waals surface area contributed by atoms with Crippen molar-refractivity contribution in [3.05, 3.63) is 81.5 Å². The molecule has 53 heavy (non-hydrogen) atoms. The van der Waals surface area contributed by atoms with Gasteiger partial charge in [-0.05, 0) is 159 Å². The van der Waals surface area contributed by atoms with Crippen molar-refractivity contribution in [1.82, 2.24) is 0 Å². The molecule has 1 aliphatic rings. The molecule has 0 spiro atoms. The van der Waals surface area contributed by atoms with Gasteiger partial charge >= 0.3 is 0 Å². The lowest BCUT2D eigenvalue weighted by molar-refractivity contribution is -0.870. The maximum absolute atomic E-state index is 6.12. The van der Waals surface area contributed by atoms with Crippen molar-refractivity contribution in [2.75, 3.05) is 46.2 Å². The van der Waals surface area contributed by atoms with Gasteiger partial charge in [-0.1, -0.05) is 60.9 Å². The summed E-state index contributed by atoms with van der Waals surface area (Å²) in [6, 6.07) is 22.4. The highest BCUT2D eigenvalue weighted by Gasteiger charge is 2.23. The summed E-state index contributed by atoms with van der Waals surface area (Å²) in [4.78, 5) is 5.52. The van der Waals surface area contributed by atoms with Gasteiger partial charge in [0.1, 0.15) is 11.5 Å². The number of quaternary nitrogens is 1. The molecular weight excluding hydrogens is 822 g/mol. The summed E-state index contributed by atoms with van der Waals surface area (Å²) in [6.45, 7) is 7.48. The second-order valence-electron chi connectivity index (χ2n) is 15.7. The summed E-state index contributed by atoms with van der Waals surface area (Å²) >= 11 is 7.37. The zero-order valence-corrected chi connectivity index (χ0v) is 37.8. The quantitative estimate of drug-likeness (QED) is 0.0420. The normalized spacial score (nSPS) is 13.1. The number of aryl methyl sites for hydroxylation is 2. The fourth-order valence-corrected chi connectivity index (χ4v) is 9.80. The van der Waals surface area contributed by atoms with Gasteiger partial charge in [0.2, 0.25) is 0 Å². The van der Waals surface area contributed by atoms with Crippen LogP contribution >= 0.6 is 38.6 Å². The minimum absolute atomic E-state index is 0. The highest BCUT2D eigenvalue weighted by Crippen LogP contribution is 2.47. The fourth-order valence-electron chi connectivity index (χ4n) is 7.30. The molecule has 3 nitrogen and oxygen atoms in total. The summed E-state index contributed by atoms with van der Waals surface area (Å²) in [6.07, 6.45) is 18.9.